The number of nitrogens with one attached hydrogen (secondary N) is 1. The normalized spacial score (nSPS) is 12.2. The fourth-order valence-corrected chi connectivity index (χ4v) is 3.90. The molecule has 3 N–H and O–H groups in total. The molecule has 0 aliphatic rings. The standard InChI is InChI=1S/C18H25N5O3S/c1-3-26-12-15-22-16-17(13-8-4-5-9-14(13)21-18(16)19)23(15)10-6-7-11-27(24,25)20-2/h4-5,8-9,20H,3,6-7,10-12H2,1-2H3,(H2,19,21). The summed E-state index contributed by atoms with van der Waals surface area (Å²) in [5.41, 5.74) is 8.54. The zero-order chi connectivity index (χ0) is 19.4. The minimum Gasteiger partial charge on any atom is -0.382 e. The Morgan fingerprint density at radius 1 is 1.22 bits per heavy atom. The zero-order valence-corrected chi connectivity index (χ0v) is 16.4. The molecule has 0 saturated carbocycles. The van der Waals surface area contributed by atoms with Gasteiger partial charge in [-0.3, -0.25) is 0 Å². The number of nitrogens with zero attached hydrogens (tertiary/aromatic N) is 3. The van der Waals surface area contributed by atoms with E-state index >= 15 is 0 Å². The number of aromatic nitrogens is 3. The zero-order valence-electron chi connectivity index (χ0n) is 15.6. The largest absolute Gasteiger partial charge is 0.382 e. The predicted molar refractivity (Wildman–Crippen MR) is 107 cm³/mol. The smallest absolute Gasteiger partial charge is 0.211 e. The van der Waals surface area contributed by atoms with Crippen molar-refractivity contribution in [1.82, 2.24) is 19.3 Å². The maximum Gasteiger partial charge on any atom is 0.211 e. The van der Waals surface area contributed by atoms with Crippen LogP contribution >= 0.6 is 0 Å². The van der Waals surface area contributed by atoms with Crippen LogP contribution in [-0.2, 0) is 27.9 Å². The molecule has 0 saturated heterocycles. The number of sulfonamides is 1. The topological polar surface area (TPSA) is 112 Å². The van der Waals surface area contributed by atoms with E-state index < -0.39 is 10.0 Å². The maximum absolute atomic E-state index is 11.6. The van der Waals surface area contributed by atoms with Crippen molar-refractivity contribution < 1.29 is 13.2 Å². The molecular weight excluding hydrogens is 366 g/mol. The van der Waals surface area contributed by atoms with Gasteiger partial charge < -0.3 is 15.0 Å². The van der Waals surface area contributed by atoms with Gasteiger partial charge in [0.1, 0.15) is 17.9 Å². The van der Waals surface area contributed by atoms with Crippen LogP contribution in [-0.4, -0.2) is 42.4 Å². The molecule has 0 unspecified atom stereocenters. The Bertz CT molecular complexity index is 1050. The van der Waals surface area contributed by atoms with Gasteiger partial charge in [0.05, 0.1) is 16.8 Å². The van der Waals surface area contributed by atoms with Gasteiger partial charge in [0, 0.05) is 18.5 Å². The van der Waals surface area contributed by atoms with Crippen LogP contribution in [0.5, 0.6) is 0 Å². The van der Waals surface area contributed by atoms with Crippen molar-refractivity contribution in [2.24, 2.45) is 0 Å². The predicted octanol–water partition coefficient (Wildman–Crippen LogP) is 2.03. The number of nitrogens with two attached hydrogens (primary N) is 1. The SMILES string of the molecule is CCOCc1nc2c(N)nc3ccccc3c2n1CCCCS(=O)(=O)NC. The number of ether oxygens (including phenoxy) is 1. The van der Waals surface area contributed by atoms with Crippen molar-refractivity contribution in [3.05, 3.63) is 30.1 Å². The summed E-state index contributed by atoms with van der Waals surface area (Å²) in [6.07, 6.45) is 1.25. The first-order valence-corrected chi connectivity index (χ1v) is 10.6. The number of aryl methyl sites for hydroxylation is 1. The van der Waals surface area contributed by atoms with Gasteiger partial charge in [-0.25, -0.2) is 23.1 Å². The fraction of sp³-hybridized carbons (Fsp3) is 0.444. The van der Waals surface area contributed by atoms with Gasteiger partial charge in [-0.2, -0.15) is 0 Å². The molecule has 0 aliphatic heterocycles. The molecule has 2 aromatic heterocycles. The van der Waals surface area contributed by atoms with E-state index in [0.717, 1.165) is 22.2 Å². The molecule has 0 spiro atoms. The number of pyridine rings is 1. The van der Waals surface area contributed by atoms with E-state index in [1.165, 1.54) is 7.05 Å². The maximum atomic E-state index is 11.6. The van der Waals surface area contributed by atoms with Crippen molar-refractivity contribution in [3.63, 3.8) is 0 Å². The van der Waals surface area contributed by atoms with Gasteiger partial charge >= 0.3 is 0 Å². The molecule has 3 aromatic rings. The lowest BCUT2D eigenvalue weighted by atomic mass is 10.2. The summed E-state index contributed by atoms with van der Waals surface area (Å²) in [6.45, 7) is 3.51. The molecule has 146 valence electrons. The number of hydrogen-bond acceptors (Lipinski definition) is 6. The van der Waals surface area contributed by atoms with Crippen molar-refractivity contribution in [2.45, 2.75) is 32.9 Å². The summed E-state index contributed by atoms with van der Waals surface area (Å²) in [6, 6.07) is 7.80. The minimum absolute atomic E-state index is 0.0986. The lowest BCUT2D eigenvalue weighted by Gasteiger charge is -2.11. The Labute approximate surface area is 158 Å². The van der Waals surface area contributed by atoms with Crippen molar-refractivity contribution in [2.75, 3.05) is 25.1 Å². The van der Waals surface area contributed by atoms with E-state index in [1.54, 1.807) is 0 Å². The highest BCUT2D eigenvalue weighted by atomic mass is 32.2. The monoisotopic (exact) mass is 391 g/mol. The highest BCUT2D eigenvalue weighted by Gasteiger charge is 2.17. The first kappa shape index (κ1) is 19.5. The number of imidazole rings is 1. The molecule has 2 heterocycles. The fourth-order valence-electron chi connectivity index (χ4n) is 3.11. The van der Waals surface area contributed by atoms with Crippen molar-refractivity contribution in [3.8, 4) is 0 Å². The Morgan fingerprint density at radius 3 is 2.74 bits per heavy atom. The lowest BCUT2D eigenvalue weighted by molar-refractivity contribution is 0.126. The number of fused-ring (bicyclic) bond motifs is 3. The number of unbranched alkanes of at least 4 members (excludes halogenated alkanes) is 1. The lowest BCUT2D eigenvalue weighted by Crippen LogP contribution is -2.22. The van der Waals surface area contributed by atoms with Crippen LogP contribution in [0, 0.1) is 0 Å². The number of anilines is 1. The average molecular weight is 391 g/mol. The van der Waals surface area contributed by atoms with Gasteiger partial charge in [-0.05, 0) is 32.9 Å². The van der Waals surface area contributed by atoms with E-state index in [1.807, 2.05) is 31.2 Å². The summed E-state index contributed by atoms with van der Waals surface area (Å²) in [4.78, 5) is 9.12. The van der Waals surface area contributed by atoms with Crippen LogP contribution < -0.4 is 10.5 Å². The number of hydrogen-bond donors (Lipinski definition) is 2. The first-order chi connectivity index (χ1) is 13.0. The molecule has 1 aromatic carbocycles. The second kappa shape index (κ2) is 8.20. The van der Waals surface area contributed by atoms with Gasteiger partial charge in [-0.15, -0.1) is 0 Å². The molecular formula is C18H25N5O3S. The van der Waals surface area contributed by atoms with Crippen LogP contribution in [0.3, 0.4) is 0 Å². The van der Waals surface area contributed by atoms with Crippen molar-refractivity contribution >= 4 is 37.8 Å². The molecule has 8 nitrogen and oxygen atoms in total. The highest BCUT2D eigenvalue weighted by molar-refractivity contribution is 7.89. The van der Waals surface area contributed by atoms with Gasteiger partial charge in [-0.1, -0.05) is 18.2 Å². The van der Waals surface area contributed by atoms with Crippen molar-refractivity contribution in [1.29, 1.82) is 0 Å². The molecule has 9 heteroatoms. The summed E-state index contributed by atoms with van der Waals surface area (Å²) in [7, 11) is -1.77. The third-order valence-corrected chi connectivity index (χ3v) is 5.93. The van der Waals surface area contributed by atoms with E-state index in [4.69, 9.17) is 10.5 Å². The van der Waals surface area contributed by atoms with Crippen LogP contribution in [0.2, 0.25) is 0 Å². The van der Waals surface area contributed by atoms with Crippen LogP contribution in [0.25, 0.3) is 21.9 Å². The minimum atomic E-state index is -3.20. The number of nitrogen functional groups attached to an aromatic ring is 1. The van der Waals surface area contributed by atoms with Crippen LogP contribution in [0.1, 0.15) is 25.6 Å². The molecule has 0 bridgehead atoms. The quantitative estimate of drug-likeness (QED) is 0.540. The van der Waals surface area contributed by atoms with Crippen LogP contribution in [0.15, 0.2) is 24.3 Å². The summed E-state index contributed by atoms with van der Waals surface area (Å²) in [5, 5.41) is 0.972. The van der Waals surface area contributed by atoms with E-state index in [2.05, 4.69) is 19.3 Å². The average Bonchev–Trinajstić information content (AvgIpc) is 3.03. The highest BCUT2D eigenvalue weighted by Crippen LogP contribution is 2.29. The number of para-hydroxylation sites is 1. The van der Waals surface area contributed by atoms with Gasteiger partial charge in [0.2, 0.25) is 10.0 Å². The van der Waals surface area contributed by atoms with E-state index in [9.17, 15) is 8.42 Å². The summed E-state index contributed by atoms with van der Waals surface area (Å²) in [5.74, 6) is 1.26. The Balaban J connectivity index is 1.99. The van der Waals surface area contributed by atoms with Gasteiger partial charge in [0.25, 0.3) is 0 Å². The Hall–Kier alpha value is -2.23. The molecule has 0 amide bonds. The Kier molecular flexibility index (Phi) is 5.93. The molecule has 0 radical (unpaired) electrons. The first-order valence-electron chi connectivity index (χ1n) is 8.99. The molecule has 3 rings (SSSR count). The molecule has 0 fully saturated rings. The second-order valence-electron chi connectivity index (χ2n) is 6.26. The number of rotatable bonds is 9. The summed E-state index contributed by atoms with van der Waals surface area (Å²) >= 11 is 0. The van der Waals surface area contributed by atoms with E-state index in [0.29, 0.717) is 43.9 Å². The summed E-state index contributed by atoms with van der Waals surface area (Å²) < 4.78 is 33.2. The molecule has 27 heavy (non-hydrogen) atoms. The van der Waals surface area contributed by atoms with Crippen LogP contribution in [0.4, 0.5) is 5.82 Å². The van der Waals surface area contributed by atoms with E-state index in [-0.39, 0.29) is 5.75 Å². The third-order valence-electron chi connectivity index (χ3n) is 4.48. The second-order valence-corrected chi connectivity index (χ2v) is 8.30. The third kappa shape index (κ3) is 4.20. The Morgan fingerprint density at radius 2 is 2.00 bits per heavy atom. The number of benzene rings is 1. The van der Waals surface area contributed by atoms with Gasteiger partial charge in [0.15, 0.2) is 5.82 Å². The molecule has 0 atom stereocenters. The molecule has 0 aliphatic carbocycles.